The number of nitrogens with zero attached hydrogens (tertiary/aromatic N) is 3. The third-order valence-electron chi connectivity index (χ3n) is 2.66. The second kappa shape index (κ2) is 5.00. The fourth-order valence-corrected chi connectivity index (χ4v) is 1.67. The van der Waals surface area contributed by atoms with E-state index in [-0.39, 0.29) is 11.4 Å². The Kier molecular flexibility index (Phi) is 3.38. The van der Waals surface area contributed by atoms with E-state index in [1.165, 1.54) is 30.1 Å². The largest absolute Gasteiger partial charge is 0.476 e. The summed E-state index contributed by atoms with van der Waals surface area (Å²) in [6, 6.07) is 3.05. The van der Waals surface area contributed by atoms with Crippen molar-refractivity contribution in [2.24, 2.45) is 0 Å². The molecule has 0 unspecified atom stereocenters. The number of aryl methyl sites for hydroxylation is 1. The van der Waals surface area contributed by atoms with Gasteiger partial charge in [0.1, 0.15) is 0 Å². The number of methoxy groups -OCH3 is 1. The zero-order chi connectivity index (χ0) is 14.9. The maximum absolute atomic E-state index is 11.4. The second-order valence-electron chi connectivity index (χ2n) is 3.98. The van der Waals surface area contributed by atoms with Gasteiger partial charge < -0.3 is 15.6 Å². The minimum atomic E-state index is -1.22. The summed E-state index contributed by atoms with van der Waals surface area (Å²) in [5.74, 6) is -1.36. The number of ether oxygens (including phenoxy) is 1. The first kappa shape index (κ1) is 13.5. The Labute approximate surface area is 113 Å². The van der Waals surface area contributed by atoms with Crippen molar-refractivity contribution in [2.75, 3.05) is 12.8 Å². The second-order valence-corrected chi connectivity index (χ2v) is 3.98. The van der Waals surface area contributed by atoms with Gasteiger partial charge in [0.25, 0.3) is 0 Å². The smallest absolute Gasteiger partial charge is 0.358 e. The van der Waals surface area contributed by atoms with Crippen molar-refractivity contribution in [3.8, 4) is 5.82 Å². The molecular formula is C12H12N4O4. The molecule has 2 aromatic rings. The molecule has 0 aliphatic rings. The molecule has 0 spiro atoms. The Morgan fingerprint density at radius 3 is 2.60 bits per heavy atom. The number of hydrogen-bond acceptors (Lipinski definition) is 6. The van der Waals surface area contributed by atoms with Crippen LogP contribution in [-0.4, -0.2) is 38.9 Å². The molecule has 104 valence electrons. The molecular weight excluding hydrogens is 264 g/mol. The quantitative estimate of drug-likeness (QED) is 0.789. The number of hydrogen-bond donors (Lipinski definition) is 2. The molecule has 0 saturated heterocycles. The van der Waals surface area contributed by atoms with Gasteiger partial charge in [-0.15, -0.1) is 0 Å². The van der Waals surface area contributed by atoms with Crippen molar-refractivity contribution in [1.29, 1.82) is 0 Å². The lowest BCUT2D eigenvalue weighted by atomic mass is 10.2. The molecule has 0 aliphatic heterocycles. The average molecular weight is 276 g/mol. The number of esters is 1. The zero-order valence-electron chi connectivity index (χ0n) is 10.8. The molecule has 0 bridgehead atoms. The number of carboxylic acids is 1. The summed E-state index contributed by atoms with van der Waals surface area (Å²) in [4.78, 5) is 26.5. The van der Waals surface area contributed by atoms with Crippen LogP contribution in [0.25, 0.3) is 5.82 Å². The zero-order valence-corrected chi connectivity index (χ0v) is 10.8. The van der Waals surface area contributed by atoms with E-state index in [9.17, 15) is 9.59 Å². The highest BCUT2D eigenvalue weighted by Crippen LogP contribution is 2.15. The van der Waals surface area contributed by atoms with Gasteiger partial charge in [0.2, 0.25) is 0 Å². The standard InChI is InChI=1S/C12H12N4O4/c1-6-7(12(19)20-2)3-4-9(14-6)16-5-8(13)10(15-16)11(17)18/h3-5H,13H2,1-2H3,(H,17,18). The Balaban J connectivity index is 2.44. The summed E-state index contributed by atoms with van der Waals surface area (Å²) in [5.41, 5.74) is 6.11. The summed E-state index contributed by atoms with van der Waals surface area (Å²) in [6.07, 6.45) is 1.35. The van der Waals surface area contributed by atoms with Crippen LogP contribution in [-0.2, 0) is 4.74 Å². The van der Waals surface area contributed by atoms with E-state index in [4.69, 9.17) is 10.8 Å². The molecule has 8 nitrogen and oxygen atoms in total. The van der Waals surface area contributed by atoms with Gasteiger partial charge in [-0.05, 0) is 19.1 Å². The number of carbonyl (C=O) groups is 2. The molecule has 2 rings (SSSR count). The van der Waals surface area contributed by atoms with Crippen LogP contribution in [0.15, 0.2) is 18.3 Å². The molecule has 0 fully saturated rings. The van der Waals surface area contributed by atoms with E-state index in [0.717, 1.165) is 0 Å². The number of aromatic carboxylic acids is 1. The predicted octanol–water partition coefficient (Wildman–Crippen LogP) is 0.643. The lowest BCUT2D eigenvalue weighted by Crippen LogP contribution is -2.08. The van der Waals surface area contributed by atoms with Crippen LogP contribution in [0.5, 0.6) is 0 Å². The summed E-state index contributed by atoms with van der Waals surface area (Å²) in [5, 5.41) is 12.7. The Hall–Kier alpha value is -2.90. The van der Waals surface area contributed by atoms with Crippen molar-refractivity contribution in [3.63, 3.8) is 0 Å². The maximum Gasteiger partial charge on any atom is 0.358 e. The number of carbonyl (C=O) groups excluding carboxylic acids is 1. The predicted molar refractivity (Wildman–Crippen MR) is 68.8 cm³/mol. The van der Waals surface area contributed by atoms with E-state index in [1.807, 2.05) is 0 Å². The number of carboxylic acid groups (broad SMARTS) is 1. The number of nitrogens with two attached hydrogens (primary N) is 1. The van der Waals surface area contributed by atoms with Crippen molar-refractivity contribution < 1.29 is 19.4 Å². The maximum atomic E-state index is 11.4. The summed E-state index contributed by atoms with van der Waals surface area (Å²) in [7, 11) is 1.28. The highest BCUT2D eigenvalue weighted by molar-refractivity contribution is 5.91. The van der Waals surface area contributed by atoms with E-state index in [2.05, 4.69) is 14.8 Å². The van der Waals surface area contributed by atoms with Crippen LogP contribution in [0.2, 0.25) is 0 Å². The van der Waals surface area contributed by atoms with Crippen molar-refractivity contribution in [2.45, 2.75) is 6.92 Å². The molecule has 0 atom stereocenters. The van der Waals surface area contributed by atoms with Crippen molar-refractivity contribution >= 4 is 17.6 Å². The van der Waals surface area contributed by atoms with Crippen molar-refractivity contribution in [3.05, 3.63) is 35.3 Å². The average Bonchev–Trinajstić information content (AvgIpc) is 2.80. The highest BCUT2D eigenvalue weighted by atomic mass is 16.5. The molecule has 3 N–H and O–H groups in total. The van der Waals surface area contributed by atoms with Gasteiger partial charge in [0.05, 0.1) is 30.3 Å². The molecule has 0 radical (unpaired) electrons. The van der Waals surface area contributed by atoms with E-state index < -0.39 is 11.9 Å². The number of aromatic nitrogens is 3. The molecule has 2 aromatic heterocycles. The van der Waals surface area contributed by atoms with Crippen LogP contribution in [0.4, 0.5) is 5.69 Å². The fourth-order valence-electron chi connectivity index (χ4n) is 1.67. The molecule has 8 heteroatoms. The van der Waals surface area contributed by atoms with Crippen LogP contribution >= 0.6 is 0 Å². The van der Waals surface area contributed by atoms with Gasteiger partial charge >= 0.3 is 11.9 Å². The van der Waals surface area contributed by atoms with E-state index >= 15 is 0 Å². The third kappa shape index (κ3) is 2.30. The normalized spacial score (nSPS) is 10.3. The number of nitrogen functional groups attached to an aromatic ring is 1. The van der Waals surface area contributed by atoms with Gasteiger partial charge in [-0.1, -0.05) is 0 Å². The summed E-state index contributed by atoms with van der Waals surface area (Å²) >= 11 is 0. The highest BCUT2D eigenvalue weighted by Gasteiger charge is 2.16. The van der Waals surface area contributed by atoms with Gasteiger partial charge in [0, 0.05) is 0 Å². The topological polar surface area (TPSA) is 120 Å². The summed E-state index contributed by atoms with van der Waals surface area (Å²) < 4.78 is 5.86. The number of rotatable bonds is 3. The van der Waals surface area contributed by atoms with Gasteiger partial charge in [-0.25, -0.2) is 19.3 Å². The van der Waals surface area contributed by atoms with E-state index in [0.29, 0.717) is 17.1 Å². The first-order valence-corrected chi connectivity index (χ1v) is 5.58. The van der Waals surface area contributed by atoms with Crippen LogP contribution in [0.3, 0.4) is 0 Å². The SMILES string of the molecule is COC(=O)c1ccc(-n2cc(N)c(C(=O)O)n2)nc1C. The number of pyridine rings is 1. The number of anilines is 1. The fraction of sp³-hybridized carbons (Fsp3) is 0.167. The van der Waals surface area contributed by atoms with Gasteiger partial charge in [0.15, 0.2) is 11.5 Å². The molecule has 0 amide bonds. The monoisotopic (exact) mass is 276 g/mol. The summed E-state index contributed by atoms with van der Waals surface area (Å²) in [6.45, 7) is 1.64. The Morgan fingerprint density at radius 2 is 2.10 bits per heavy atom. The molecule has 2 heterocycles. The Bertz CT molecular complexity index is 693. The van der Waals surface area contributed by atoms with Gasteiger partial charge in [-0.3, -0.25) is 0 Å². The molecule has 0 saturated carbocycles. The minimum Gasteiger partial charge on any atom is -0.476 e. The van der Waals surface area contributed by atoms with Crippen LogP contribution < -0.4 is 5.73 Å². The first-order chi connectivity index (χ1) is 9.43. The van der Waals surface area contributed by atoms with Gasteiger partial charge in [-0.2, -0.15) is 5.10 Å². The first-order valence-electron chi connectivity index (χ1n) is 5.58. The minimum absolute atomic E-state index is 0.0361. The van der Waals surface area contributed by atoms with Crippen molar-refractivity contribution in [1.82, 2.24) is 14.8 Å². The lowest BCUT2D eigenvalue weighted by Gasteiger charge is -2.05. The molecule has 0 aromatic carbocycles. The van der Waals surface area contributed by atoms with E-state index in [1.54, 1.807) is 6.92 Å². The molecule has 0 aliphatic carbocycles. The molecule has 20 heavy (non-hydrogen) atoms. The lowest BCUT2D eigenvalue weighted by molar-refractivity contribution is 0.0598. The van der Waals surface area contributed by atoms with Crippen LogP contribution in [0.1, 0.15) is 26.5 Å². The van der Waals surface area contributed by atoms with Crippen LogP contribution in [0, 0.1) is 6.92 Å². The Morgan fingerprint density at radius 1 is 1.40 bits per heavy atom. The third-order valence-corrected chi connectivity index (χ3v) is 2.66.